The Morgan fingerprint density at radius 3 is 2.40 bits per heavy atom. The average molecular weight is 214 g/mol. The van der Waals surface area contributed by atoms with E-state index in [9.17, 15) is 0 Å². The third kappa shape index (κ3) is 3.16. The lowest BCUT2D eigenvalue weighted by Crippen LogP contribution is -2.58. The molecule has 0 bridgehead atoms. The summed E-state index contributed by atoms with van der Waals surface area (Å²) in [6.07, 6.45) is 5.17. The van der Waals surface area contributed by atoms with E-state index in [4.69, 9.17) is 4.74 Å². The second kappa shape index (κ2) is 5.83. The number of nitrogens with one attached hydrogen (secondary N) is 1. The Balaban J connectivity index is 2.33. The van der Waals surface area contributed by atoms with Crippen LogP contribution in [0.1, 0.15) is 32.6 Å². The van der Waals surface area contributed by atoms with Crippen molar-refractivity contribution in [3.8, 4) is 0 Å². The quantitative estimate of drug-likeness (QED) is 0.695. The monoisotopic (exact) mass is 214 g/mol. The van der Waals surface area contributed by atoms with Crippen LogP contribution in [-0.2, 0) is 4.74 Å². The molecule has 0 aromatic carbocycles. The summed E-state index contributed by atoms with van der Waals surface area (Å²) in [5.74, 6) is 0. The maximum absolute atomic E-state index is 5.20. The van der Waals surface area contributed by atoms with Crippen molar-refractivity contribution in [1.29, 1.82) is 0 Å². The zero-order valence-electron chi connectivity index (χ0n) is 10.7. The Kier molecular flexibility index (Phi) is 5.03. The third-order valence-corrected chi connectivity index (χ3v) is 3.81. The molecule has 3 heteroatoms. The molecule has 1 saturated carbocycles. The molecule has 0 radical (unpaired) electrons. The van der Waals surface area contributed by atoms with E-state index in [0.29, 0.717) is 11.6 Å². The molecule has 0 spiro atoms. The number of methoxy groups -OCH3 is 1. The lowest BCUT2D eigenvalue weighted by atomic mass is 9.75. The second-order valence-corrected chi connectivity index (χ2v) is 4.91. The first-order valence-electron chi connectivity index (χ1n) is 6.04. The molecule has 1 aliphatic rings. The van der Waals surface area contributed by atoms with E-state index in [1.807, 2.05) is 0 Å². The van der Waals surface area contributed by atoms with Crippen LogP contribution in [0, 0.1) is 0 Å². The minimum Gasteiger partial charge on any atom is -0.383 e. The van der Waals surface area contributed by atoms with Crippen LogP contribution >= 0.6 is 0 Å². The van der Waals surface area contributed by atoms with Gasteiger partial charge in [0.1, 0.15) is 0 Å². The summed E-state index contributed by atoms with van der Waals surface area (Å²) < 4.78 is 5.20. The fourth-order valence-electron chi connectivity index (χ4n) is 2.22. The molecule has 0 amide bonds. The summed E-state index contributed by atoms with van der Waals surface area (Å²) in [5.41, 5.74) is 0.418. The van der Waals surface area contributed by atoms with Crippen LogP contribution in [0.4, 0.5) is 0 Å². The van der Waals surface area contributed by atoms with Crippen molar-refractivity contribution in [2.24, 2.45) is 0 Å². The van der Waals surface area contributed by atoms with E-state index in [0.717, 1.165) is 19.6 Å². The summed E-state index contributed by atoms with van der Waals surface area (Å²) in [4.78, 5) is 2.38. The number of likely N-dealkylation sites (N-methyl/N-ethyl adjacent to an activating group) is 1. The Bertz CT molecular complexity index is 178. The largest absolute Gasteiger partial charge is 0.383 e. The Morgan fingerprint density at radius 1 is 1.40 bits per heavy atom. The normalized spacial score (nSPS) is 21.4. The molecule has 0 aliphatic heterocycles. The lowest BCUT2D eigenvalue weighted by Gasteiger charge is -2.48. The van der Waals surface area contributed by atoms with Gasteiger partial charge in [-0.3, -0.25) is 0 Å². The molecule has 1 rings (SSSR count). The first kappa shape index (κ1) is 12.9. The van der Waals surface area contributed by atoms with Crippen molar-refractivity contribution < 1.29 is 4.74 Å². The molecule has 0 aromatic rings. The maximum atomic E-state index is 5.20. The van der Waals surface area contributed by atoms with Gasteiger partial charge in [-0.1, -0.05) is 6.92 Å². The molecule has 0 saturated heterocycles. The van der Waals surface area contributed by atoms with Crippen molar-refractivity contribution in [1.82, 2.24) is 10.2 Å². The van der Waals surface area contributed by atoms with E-state index in [1.165, 1.54) is 19.3 Å². The Morgan fingerprint density at radius 2 is 2.07 bits per heavy atom. The van der Waals surface area contributed by atoms with Gasteiger partial charge in [0, 0.05) is 25.2 Å². The highest BCUT2D eigenvalue weighted by molar-refractivity contribution is 4.98. The minimum atomic E-state index is 0.418. The molecule has 1 unspecified atom stereocenters. The van der Waals surface area contributed by atoms with Crippen molar-refractivity contribution in [3.05, 3.63) is 0 Å². The lowest BCUT2D eigenvalue weighted by molar-refractivity contribution is 0.0519. The second-order valence-electron chi connectivity index (χ2n) is 4.91. The highest BCUT2D eigenvalue weighted by Gasteiger charge is 2.38. The zero-order valence-corrected chi connectivity index (χ0v) is 10.7. The maximum Gasteiger partial charge on any atom is 0.0615 e. The van der Waals surface area contributed by atoms with Gasteiger partial charge in [-0.05, 0) is 39.8 Å². The van der Waals surface area contributed by atoms with Crippen molar-refractivity contribution in [2.45, 2.75) is 44.2 Å². The standard InChI is InChI=1S/C12H26N2O/c1-5-11(9-15-4)13-10-12(14(2)3)7-6-8-12/h11,13H,5-10H2,1-4H3. The van der Waals surface area contributed by atoms with Crippen LogP contribution < -0.4 is 5.32 Å². The van der Waals surface area contributed by atoms with Gasteiger partial charge in [0.25, 0.3) is 0 Å². The summed E-state index contributed by atoms with van der Waals surface area (Å²) in [6.45, 7) is 4.13. The van der Waals surface area contributed by atoms with Crippen LogP contribution in [0.25, 0.3) is 0 Å². The average Bonchev–Trinajstić information content (AvgIpc) is 2.13. The van der Waals surface area contributed by atoms with E-state index in [2.05, 4.69) is 31.2 Å². The summed E-state index contributed by atoms with van der Waals surface area (Å²) >= 11 is 0. The zero-order chi connectivity index (χ0) is 11.3. The molecule has 3 nitrogen and oxygen atoms in total. The van der Waals surface area contributed by atoms with Gasteiger partial charge < -0.3 is 15.0 Å². The highest BCUT2D eigenvalue weighted by Crippen LogP contribution is 2.35. The molecule has 1 N–H and O–H groups in total. The van der Waals surface area contributed by atoms with E-state index in [1.54, 1.807) is 7.11 Å². The number of hydrogen-bond acceptors (Lipinski definition) is 3. The molecule has 1 atom stereocenters. The smallest absolute Gasteiger partial charge is 0.0615 e. The van der Waals surface area contributed by atoms with Gasteiger partial charge in [0.15, 0.2) is 0 Å². The molecular weight excluding hydrogens is 188 g/mol. The van der Waals surface area contributed by atoms with Gasteiger partial charge in [-0.15, -0.1) is 0 Å². The molecule has 1 aliphatic carbocycles. The SMILES string of the molecule is CCC(COC)NCC1(N(C)C)CCC1. The van der Waals surface area contributed by atoms with Gasteiger partial charge in [-0.2, -0.15) is 0 Å². The van der Waals surface area contributed by atoms with Crippen LogP contribution in [-0.4, -0.2) is 50.8 Å². The van der Waals surface area contributed by atoms with Crippen molar-refractivity contribution in [3.63, 3.8) is 0 Å². The first-order valence-corrected chi connectivity index (χ1v) is 6.04. The predicted molar refractivity (Wildman–Crippen MR) is 64.2 cm³/mol. The third-order valence-electron chi connectivity index (χ3n) is 3.81. The molecule has 0 heterocycles. The fraction of sp³-hybridized carbons (Fsp3) is 1.00. The molecule has 15 heavy (non-hydrogen) atoms. The van der Waals surface area contributed by atoms with E-state index >= 15 is 0 Å². The Labute approximate surface area is 94.2 Å². The van der Waals surface area contributed by atoms with Crippen molar-refractivity contribution in [2.75, 3.05) is 34.4 Å². The van der Waals surface area contributed by atoms with Crippen LogP contribution in [0.3, 0.4) is 0 Å². The van der Waals surface area contributed by atoms with Crippen molar-refractivity contribution >= 4 is 0 Å². The first-order chi connectivity index (χ1) is 7.14. The molecule has 0 aromatic heterocycles. The minimum absolute atomic E-state index is 0.418. The number of ether oxygens (including phenoxy) is 1. The molecule has 90 valence electrons. The molecular formula is C12H26N2O. The number of hydrogen-bond donors (Lipinski definition) is 1. The summed E-state index contributed by atoms with van der Waals surface area (Å²) in [7, 11) is 6.16. The van der Waals surface area contributed by atoms with E-state index < -0.39 is 0 Å². The van der Waals surface area contributed by atoms with Gasteiger partial charge in [-0.25, -0.2) is 0 Å². The topological polar surface area (TPSA) is 24.5 Å². The fourth-order valence-corrected chi connectivity index (χ4v) is 2.22. The highest BCUT2D eigenvalue weighted by atomic mass is 16.5. The summed E-state index contributed by atoms with van der Waals surface area (Å²) in [6, 6.07) is 0.507. The predicted octanol–water partition coefficient (Wildman–Crippen LogP) is 1.49. The van der Waals surface area contributed by atoms with Crippen LogP contribution in [0.2, 0.25) is 0 Å². The van der Waals surface area contributed by atoms with Gasteiger partial charge in [0.05, 0.1) is 6.61 Å². The molecule has 1 fully saturated rings. The number of rotatable bonds is 7. The Hall–Kier alpha value is -0.120. The summed E-state index contributed by atoms with van der Waals surface area (Å²) in [5, 5.41) is 3.63. The van der Waals surface area contributed by atoms with Crippen LogP contribution in [0.5, 0.6) is 0 Å². The van der Waals surface area contributed by atoms with Gasteiger partial charge >= 0.3 is 0 Å². The number of nitrogens with zero attached hydrogens (tertiary/aromatic N) is 1. The van der Waals surface area contributed by atoms with Crippen LogP contribution in [0.15, 0.2) is 0 Å². The van der Waals surface area contributed by atoms with Gasteiger partial charge in [0.2, 0.25) is 0 Å². The van der Waals surface area contributed by atoms with E-state index in [-0.39, 0.29) is 0 Å².